The maximum Gasteiger partial charge on any atom is 0.238 e. The zero-order valence-corrected chi connectivity index (χ0v) is 12.7. The third kappa shape index (κ3) is 4.31. The van der Waals surface area contributed by atoms with Crippen LogP contribution in [0.3, 0.4) is 0 Å². The van der Waals surface area contributed by atoms with Gasteiger partial charge in [-0.25, -0.2) is 0 Å². The number of carbonyl (C=O) groups is 1. The summed E-state index contributed by atoms with van der Waals surface area (Å²) >= 11 is 0. The molecule has 1 amide bonds. The van der Waals surface area contributed by atoms with Gasteiger partial charge in [0.05, 0.1) is 18.7 Å². The van der Waals surface area contributed by atoms with Crippen LogP contribution in [0.15, 0.2) is 30.5 Å². The van der Waals surface area contributed by atoms with Crippen LogP contribution in [0.2, 0.25) is 0 Å². The van der Waals surface area contributed by atoms with Crippen molar-refractivity contribution in [3.63, 3.8) is 0 Å². The molecule has 21 heavy (non-hydrogen) atoms. The standard InChI is InChI=1S/C16H23N3O2/c1-3-8-19-9-6-13-4-5-14(11-15(13)19)18-16(20)12-17-7-10-21-2/h4-6,9,11,17H,3,7-8,10,12H2,1-2H3,(H,18,20). The molecule has 1 heterocycles. The van der Waals surface area contributed by atoms with E-state index in [1.165, 1.54) is 5.39 Å². The largest absolute Gasteiger partial charge is 0.383 e. The fourth-order valence-corrected chi connectivity index (χ4v) is 2.28. The van der Waals surface area contributed by atoms with Crippen LogP contribution in [0.4, 0.5) is 5.69 Å². The molecule has 1 aromatic carbocycles. The van der Waals surface area contributed by atoms with E-state index in [9.17, 15) is 4.79 Å². The summed E-state index contributed by atoms with van der Waals surface area (Å²) in [6, 6.07) is 8.10. The van der Waals surface area contributed by atoms with E-state index >= 15 is 0 Å². The van der Waals surface area contributed by atoms with Gasteiger partial charge in [-0.2, -0.15) is 0 Å². The van der Waals surface area contributed by atoms with E-state index in [0.29, 0.717) is 13.2 Å². The Labute approximate surface area is 125 Å². The predicted molar refractivity (Wildman–Crippen MR) is 85.6 cm³/mol. The predicted octanol–water partition coefficient (Wildman–Crippen LogP) is 2.23. The van der Waals surface area contributed by atoms with Crippen LogP contribution in [0.1, 0.15) is 13.3 Å². The molecule has 0 aliphatic rings. The van der Waals surface area contributed by atoms with Crippen LogP contribution >= 0.6 is 0 Å². The lowest BCUT2D eigenvalue weighted by Crippen LogP contribution is -2.30. The number of aromatic nitrogens is 1. The average Bonchev–Trinajstić information content (AvgIpc) is 2.87. The molecule has 0 fully saturated rings. The van der Waals surface area contributed by atoms with E-state index in [2.05, 4.69) is 34.4 Å². The smallest absolute Gasteiger partial charge is 0.238 e. The summed E-state index contributed by atoms with van der Waals surface area (Å²) in [5, 5.41) is 7.14. The Hall–Kier alpha value is -1.85. The van der Waals surface area contributed by atoms with Gasteiger partial charge in [0.1, 0.15) is 0 Å². The zero-order valence-electron chi connectivity index (χ0n) is 12.7. The van der Waals surface area contributed by atoms with Crippen molar-refractivity contribution in [1.29, 1.82) is 0 Å². The molecule has 0 saturated heterocycles. The number of hydrogen-bond acceptors (Lipinski definition) is 3. The van der Waals surface area contributed by atoms with Crippen molar-refractivity contribution in [2.45, 2.75) is 19.9 Å². The number of hydrogen-bond donors (Lipinski definition) is 2. The highest BCUT2D eigenvalue weighted by Crippen LogP contribution is 2.20. The van der Waals surface area contributed by atoms with Crippen LogP contribution in [-0.2, 0) is 16.1 Å². The molecule has 0 radical (unpaired) electrons. The lowest BCUT2D eigenvalue weighted by molar-refractivity contribution is -0.115. The van der Waals surface area contributed by atoms with Crippen molar-refractivity contribution in [3.8, 4) is 0 Å². The number of fused-ring (bicyclic) bond motifs is 1. The second-order valence-electron chi connectivity index (χ2n) is 5.00. The quantitative estimate of drug-likeness (QED) is 0.733. The number of anilines is 1. The number of ether oxygens (including phenoxy) is 1. The Morgan fingerprint density at radius 3 is 2.95 bits per heavy atom. The van der Waals surface area contributed by atoms with Gasteiger partial charge in [0.25, 0.3) is 0 Å². The van der Waals surface area contributed by atoms with E-state index in [1.807, 2.05) is 18.2 Å². The van der Waals surface area contributed by atoms with Crippen LogP contribution in [0, 0.1) is 0 Å². The minimum absolute atomic E-state index is 0.0425. The number of amides is 1. The minimum atomic E-state index is -0.0425. The van der Waals surface area contributed by atoms with Gasteiger partial charge < -0.3 is 19.9 Å². The first-order valence-electron chi connectivity index (χ1n) is 7.33. The Morgan fingerprint density at radius 2 is 2.19 bits per heavy atom. The summed E-state index contributed by atoms with van der Waals surface area (Å²) in [7, 11) is 1.64. The highest BCUT2D eigenvalue weighted by Gasteiger charge is 2.05. The normalized spacial score (nSPS) is 11.0. The molecule has 1 aromatic heterocycles. The number of carbonyl (C=O) groups excluding carboxylic acids is 1. The van der Waals surface area contributed by atoms with Crippen molar-refractivity contribution < 1.29 is 9.53 Å². The molecule has 0 spiro atoms. The van der Waals surface area contributed by atoms with Gasteiger partial charge in [0.15, 0.2) is 0 Å². The molecule has 5 nitrogen and oxygen atoms in total. The maximum atomic E-state index is 11.8. The molecule has 0 saturated carbocycles. The zero-order chi connectivity index (χ0) is 15.1. The minimum Gasteiger partial charge on any atom is -0.383 e. The van der Waals surface area contributed by atoms with Gasteiger partial charge in [-0.15, -0.1) is 0 Å². The van der Waals surface area contributed by atoms with E-state index < -0.39 is 0 Å². The molecule has 5 heteroatoms. The number of nitrogens with zero attached hydrogens (tertiary/aromatic N) is 1. The van der Waals surface area contributed by atoms with Crippen molar-refractivity contribution in [3.05, 3.63) is 30.5 Å². The van der Waals surface area contributed by atoms with E-state index in [0.717, 1.165) is 24.2 Å². The Morgan fingerprint density at radius 1 is 1.33 bits per heavy atom. The van der Waals surface area contributed by atoms with Gasteiger partial charge >= 0.3 is 0 Å². The van der Waals surface area contributed by atoms with E-state index in [1.54, 1.807) is 7.11 Å². The molecule has 0 unspecified atom stereocenters. The molecule has 0 atom stereocenters. The Bertz CT molecular complexity index is 592. The monoisotopic (exact) mass is 289 g/mol. The second-order valence-corrected chi connectivity index (χ2v) is 5.00. The van der Waals surface area contributed by atoms with Crippen molar-refractivity contribution >= 4 is 22.5 Å². The highest BCUT2D eigenvalue weighted by molar-refractivity contribution is 5.94. The molecule has 0 aliphatic carbocycles. The van der Waals surface area contributed by atoms with E-state index in [-0.39, 0.29) is 12.5 Å². The summed E-state index contributed by atoms with van der Waals surface area (Å²) in [4.78, 5) is 11.8. The summed E-state index contributed by atoms with van der Waals surface area (Å²) in [6.45, 7) is 4.70. The topological polar surface area (TPSA) is 55.3 Å². The first-order valence-corrected chi connectivity index (χ1v) is 7.33. The van der Waals surface area contributed by atoms with Crippen LogP contribution < -0.4 is 10.6 Å². The van der Waals surface area contributed by atoms with Crippen molar-refractivity contribution in [2.75, 3.05) is 32.1 Å². The number of nitrogens with one attached hydrogen (secondary N) is 2. The summed E-state index contributed by atoms with van der Waals surface area (Å²) in [6.07, 6.45) is 3.18. The van der Waals surface area contributed by atoms with Gasteiger partial charge in [-0.05, 0) is 30.0 Å². The maximum absolute atomic E-state index is 11.8. The number of benzene rings is 1. The molecule has 2 N–H and O–H groups in total. The van der Waals surface area contributed by atoms with E-state index in [4.69, 9.17) is 4.74 Å². The summed E-state index contributed by atoms with van der Waals surface area (Å²) in [5.41, 5.74) is 1.99. The third-order valence-electron chi connectivity index (χ3n) is 3.29. The fourth-order valence-electron chi connectivity index (χ4n) is 2.28. The number of aryl methyl sites for hydroxylation is 1. The molecule has 0 aliphatic heterocycles. The van der Waals surface area contributed by atoms with Crippen LogP contribution in [0.25, 0.3) is 10.9 Å². The Balaban J connectivity index is 1.98. The van der Waals surface area contributed by atoms with Crippen LogP contribution in [-0.4, -0.2) is 37.3 Å². The molecule has 114 valence electrons. The van der Waals surface area contributed by atoms with Gasteiger partial charge in [-0.1, -0.05) is 13.0 Å². The lowest BCUT2D eigenvalue weighted by Gasteiger charge is -2.08. The van der Waals surface area contributed by atoms with Gasteiger partial charge in [0.2, 0.25) is 5.91 Å². The first kappa shape index (κ1) is 15.5. The Kier molecular flexibility index (Phi) is 5.78. The van der Waals surface area contributed by atoms with Crippen LogP contribution in [0.5, 0.6) is 0 Å². The molecule has 2 rings (SSSR count). The number of methoxy groups -OCH3 is 1. The summed E-state index contributed by atoms with van der Waals surface area (Å²) in [5.74, 6) is -0.0425. The third-order valence-corrected chi connectivity index (χ3v) is 3.29. The molecular formula is C16H23N3O2. The first-order chi connectivity index (χ1) is 10.2. The lowest BCUT2D eigenvalue weighted by atomic mass is 10.2. The molecule has 0 bridgehead atoms. The van der Waals surface area contributed by atoms with Crippen molar-refractivity contribution in [1.82, 2.24) is 9.88 Å². The van der Waals surface area contributed by atoms with Gasteiger partial charge in [0, 0.05) is 32.1 Å². The van der Waals surface area contributed by atoms with Gasteiger partial charge in [-0.3, -0.25) is 4.79 Å². The second kappa shape index (κ2) is 7.81. The average molecular weight is 289 g/mol. The molecular weight excluding hydrogens is 266 g/mol. The highest BCUT2D eigenvalue weighted by atomic mass is 16.5. The number of rotatable bonds is 8. The SMILES string of the molecule is CCCn1ccc2ccc(NC(=O)CNCCOC)cc21. The summed E-state index contributed by atoms with van der Waals surface area (Å²) < 4.78 is 7.13. The molecule has 2 aromatic rings. The fraction of sp³-hybridized carbons (Fsp3) is 0.438. The van der Waals surface area contributed by atoms with Crippen molar-refractivity contribution in [2.24, 2.45) is 0 Å².